The van der Waals surface area contributed by atoms with E-state index in [-0.39, 0.29) is 10.8 Å². The normalized spacial score (nSPS) is 13.3. The van der Waals surface area contributed by atoms with Gasteiger partial charge < -0.3 is 4.74 Å². The Bertz CT molecular complexity index is 3700. The Morgan fingerprint density at radius 1 is 0.515 bits per heavy atom. The predicted molar refractivity (Wildman–Crippen MR) is 282 cm³/mol. The van der Waals surface area contributed by atoms with Gasteiger partial charge in [0.2, 0.25) is 0 Å². The fourth-order valence-corrected chi connectivity index (χ4v) is 16.1. The summed E-state index contributed by atoms with van der Waals surface area (Å²) >= 11 is 0. The van der Waals surface area contributed by atoms with Crippen molar-refractivity contribution in [3.8, 4) is 39.8 Å². The quantitative estimate of drug-likeness (QED) is 0.0908. The average molecular weight is 897 g/mol. The number of ether oxygens (including phenoxy) is 1. The third-order valence-electron chi connectivity index (χ3n) is 14.0. The molecule has 8 aromatic carbocycles. The summed E-state index contributed by atoms with van der Waals surface area (Å²) in [6.45, 7) is 13.5. The van der Waals surface area contributed by atoms with E-state index in [4.69, 9.17) is 9.72 Å². The van der Waals surface area contributed by atoms with Gasteiger partial charge in [-0.05, 0) is 108 Å². The molecule has 12 rings (SSSR count). The summed E-state index contributed by atoms with van der Waals surface area (Å²) in [4.78, 5) is 4.93. The van der Waals surface area contributed by atoms with Crippen LogP contribution in [-0.2, 0) is 10.8 Å². The van der Waals surface area contributed by atoms with Crippen LogP contribution in [0, 0.1) is 6.33 Å². The molecule has 0 radical (unpaired) electrons. The van der Waals surface area contributed by atoms with Crippen molar-refractivity contribution >= 4 is 61.7 Å². The van der Waals surface area contributed by atoms with Gasteiger partial charge in [0.1, 0.15) is 17.3 Å². The Morgan fingerprint density at radius 2 is 1.16 bits per heavy atom. The molecule has 0 saturated carbocycles. The van der Waals surface area contributed by atoms with E-state index in [0.29, 0.717) is 0 Å². The molecule has 1 aliphatic rings. The Labute approximate surface area is 399 Å². The van der Waals surface area contributed by atoms with Crippen LogP contribution in [-0.4, -0.2) is 22.2 Å². The van der Waals surface area contributed by atoms with Crippen molar-refractivity contribution in [3.05, 3.63) is 224 Å². The summed E-state index contributed by atoms with van der Waals surface area (Å²) in [5.41, 5.74) is 11.2. The zero-order chi connectivity index (χ0) is 46.4. The molecule has 11 aromatic rings. The Balaban J connectivity index is 1.03. The van der Waals surface area contributed by atoms with Gasteiger partial charge in [0.15, 0.2) is 8.07 Å². The van der Waals surface area contributed by atoms with E-state index in [0.717, 1.165) is 61.7 Å². The van der Waals surface area contributed by atoms with Crippen LogP contribution in [0.25, 0.3) is 61.2 Å². The van der Waals surface area contributed by atoms with Crippen molar-refractivity contribution in [1.82, 2.24) is 14.1 Å². The maximum atomic E-state index is 7.01. The summed E-state index contributed by atoms with van der Waals surface area (Å²) in [7, 11) is -2.84. The SMILES string of the molecule is CC(C)(C)c1cc(Oc2ccc3c4ccccc4n(-c4cc(C(C)(C)C)ccn4)c3c2)cc(-n2[c-][n+](-c3cccc4c3[Si](c3ccccc3)(c3ccccc3)c3ccccc3-4)c3ccccc32)c1. The molecule has 0 spiro atoms. The number of hydrogen-bond acceptors (Lipinski definition) is 2. The Kier molecular flexibility index (Phi) is 9.58. The molecular weight excluding hydrogens is 845 g/mol. The van der Waals surface area contributed by atoms with E-state index in [1.165, 1.54) is 42.8 Å². The Morgan fingerprint density at radius 3 is 1.91 bits per heavy atom. The second-order valence-corrected chi connectivity index (χ2v) is 23.9. The molecule has 6 heteroatoms. The number of pyridine rings is 1. The molecule has 3 aromatic heterocycles. The van der Waals surface area contributed by atoms with Crippen LogP contribution in [0.4, 0.5) is 0 Å². The molecule has 0 unspecified atom stereocenters. The minimum Gasteiger partial charge on any atom is -0.458 e. The summed E-state index contributed by atoms with van der Waals surface area (Å²) < 4.78 is 13.8. The van der Waals surface area contributed by atoms with Gasteiger partial charge in [-0.25, -0.2) is 4.98 Å². The van der Waals surface area contributed by atoms with Gasteiger partial charge in [-0.1, -0.05) is 181 Å². The molecule has 0 saturated heterocycles. The third-order valence-corrected chi connectivity index (χ3v) is 18.9. The molecular formula is C62H52N4OSi. The minimum atomic E-state index is -2.84. The smallest absolute Gasteiger partial charge is 0.269 e. The monoisotopic (exact) mass is 896 g/mol. The lowest BCUT2D eigenvalue weighted by molar-refractivity contribution is -0.571. The molecule has 0 fully saturated rings. The van der Waals surface area contributed by atoms with Gasteiger partial charge in [-0.2, -0.15) is 0 Å². The topological polar surface area (TPSA) is 35.9 Å². The van der Waals surface area contributed by atoms with Crippen molar-refractivity contribution in [3.63, 3.8) is 0 Å². The van der Waals surface area contributed by atoms with Gasteiger partial charge >= 0.3 is 0 Å². The first kappa shape index (κ1) is 41.6. The average Bonchev–Trinajstić information content (AvgIpc) is 4.01. The maximum Gasteiger partial charge on any atom is 0.269 e. The minimum absolute atomic E-state index is 0.0220. The summed E-state index contributed by atoms with van der Waals surface area (Å²) in [6.07, 6.45) is 5.89. The summed E-state index contributed by atoms with van der Waals surface area (Å²) in [5.74, 6) is 2.40. The number of nitrogens with zero attached hydrogens (tertiary/aromatic N) is 4. The maximum absolute atomic E-state index is 7.01. The predicted octanol–water partition coefficient (Wildman–Crippen LogP) is 11.9. The first-order chi connectivity index (χ1) is 33.0. The van der Waals surface area contributed by atoms with E-state index in [1.54, 1.807) is 0 Å². The number of imidazole rings is 1. The van der Waals surface area contributed by atoms with Crippen LogP contribution in [0.2, 0.25) is 0 Å². The van der Waals surface area contributed by atoms with Gasteiger partial charge in [0, 0.05) is 23.0 Å². The lowest BCUT2D eigenvalue weighted by atomic mass is 9.86. The summed E-state index contributed by atoms with van der Waals surface area (Å²) in [6, 6.07) is 73.1. The number of para-hydroxylation sites is 3. The second-order valence-electron chi connectivity index (χ2n) is 20.2. The third kappa shape index (κ3) is 6.57. The largest absolute Gasteiger partial charge is 0.458 e. The van der Waals surface area contributed by atoms with Crippen LogP contribution >= 0.6 is 0 Å². The molecule has 0 amide bonds. The first-order valence-electron chi connectivity index (χ1n) is 23.6. The van der Waals surface area contributed by atoms with E-state index in [1.807, 2.05) is 6.20 Å². The highest BCUT2D eigenvalue weighted by Crippen LogP contribution is 2.38. The van der Waals surface area contributed by atoms with Crippen LogP contribution in [0.5, 0.6) is 11.5 Å². The molecule has 330 valence electrons. The molecule has 0 aliphatic carbocycles. The number of benzene rings is 8. The lowest BCUT2D eigenvalue weighted by Gasteiger charge is -2.33. The first-order valence-corrected chi connectivity index (χ1v) is 25.6. The van der Waals surface area contributed by atoms with Crippen molar-refractivity contribution in [2.45, 2.75) is 52.4 Å². The molecule has 0 N–H and O–H groups in total. The highest BCUT2D eigenvalue weighted by Gasteiger charge is 2.50. The lowest BCUT2D eigenvalue weighted by Crippen LogP contribution is -2.74. The highest BCUT2D eigenvalue weighted by atomic mass is 28.3. The fourth-order valence-electron chi connectivity index (χ4n) is 10.7. The van der Waals surface area contributed by atoms with Gasteiger partial charge in [-0.3, -0.25) is 13.7 Å². The van der Waals surface area contributed by atoms with E-state index in [2.05, 4.69) is 262 Å². The van der Waals surface area contributed by atoms with Gasteiger partial charge in [-0.15, -0.1) is 0 Å². The van der Waals surface area contributed by atoms with Gasteiger partial charge in [0.05, 0.1) is 33.4 Å². The van der Waals surface area contributed by atoms with Crippen molar-refractivity contribution in [2.24, 2.45) is 0 Å². The number of hydrogen-bond donors (Lipinski definition) is 0. The number of aromatic nitrogens is 4. The van der Waals surface area contributed by atoms with E-state index in [9.17, 15) is 0 Å². The number of rotatable bonds is 7. The van der Waals surface area contributed by atoms with Crippen molar-refractivity contribution in [1.29, 1.82) is 0 Å². The fraction of sp³-hybridized carbons (Fsp3) is 0.129. The molecule has 4 heterocycles. The van der Waals surface area contributed by atoms with Crippen LogP contribution < -0.4 is 30.1 Å². The second kappa shape index (κ2) is 15.6. The molecule has 1 aliphatic heterocycles. The molecule has 5 nitrogen and oxygen atoms in total. The van der Waals surface area contributed by atoms with E-state index >= 15 is 0 Å². The molecule has 68 heavy (non-hydrogen) atoms. The standard InChI is InChI=1S/C62H52N4OSi/c1-61(2,3)42-34-35-63-59(38-42)66-53-27-15-13-24-49(53)50-33-32-45(40-57(50)66)67-46-37-43(62(4,5)6)36-44(39-46)64-41-65(55-29-17-16-28-54(55)64)56-30-19-26-52-51-25-14-18-31-58(51)68(60(52)56,47-20-9-7-10-21-47)48-22-11-8-12-23-48/h7-40H,1-6H3. The zero-order valence-electron chi connectivity index (χ0n) is 39.3. The van der Waals surface area contributed by atoms with Gasteiger partial charge in [0.25, 0.3) is 6.33 Å². The Hall–Kier alpha value is -7.80. The van der Waals surface area contributed by atoms with E-state index < -0.39 is 8.07 Å². The van der Waals surface area contributed by atoms with Crippen LogP contribution in [0.3, 0.4) is 0 Å². The highest BCUT2D eigenvalue weighted by molar-refractivity contribution is 7.22. The van der Waals surface area contributed by atoms with Crippen molar-refractivity contribution in [2.75, 3.05) is 0 Å². The zero-order valence-corrected chi connectivity index (χ0v) is 40.3. The summed E-state index contributed by atoms with van der Waals surface area (Å²) in [5, 5.41) is 7.85. The van der Waals surface area contributed by atoms with Crippen LogP contribution in [0.1, 0.15) is 52.7 Å². The molecule has 0 atom stereocenters. The van der Waals surface area contributed by atoms with Crippen LogP contribution in [0.15, 0.2) is 206 Å². The van der Waals surface area contributed by atoms with Crippen molar-refractivity contribution < 1.29 is 9.30 Å². The molecule has 0 bridgehead atoms. The number of fused-ring (bicyclic) bond motifs is 7.